The summed E-state index contributed by atoms with van der Waals surface area (Å²) < 4.78 is 6.03. The molecule has 0 radical (unpaired) electrons. The molecule has 1 aliphatic carbocycles. The van der Waals surface area contributed by atoms with Crippen LogP contribution in [0.4, 0.5) is 0 Å². The van der Waals surface area contributed by atoms with Gasteiger partial charge in [0.2, 0.25) is 0 Å². The summed E-state index contributed by atoms with van der Waals surface area (Å²) in [7, 11) is 0. The van der Waals surface area contributed by atoms with Crippen molar-refractivity contribution in [3.05, 3.63) is 0 Å². The third kappa shape index (κ3) is 2.60. The Balaban J connectivity index is 1.93. The van der Waals surface area contributed by atoms with Crippen LogP contribution in [0.25, 0.3) is 0 Å². The van der Waals surface area contributed by atoms with E-state index in [1.54, 1.807) is 0 Å². The summed E-state index contributed by atoms with van der Waals surface area (Å²) in [5.74, 6) is 0.862. The molecular formula is C14H27NO. The number of hydrogen-bond acceptors (Lipinski definition) is 2. The highest BCUT2D eigenvalue weighted by molar-refractivity contribution is 4.92. The van der Waals surface area contributed by atoms with Crippen molar-refractivity contribution in [3.63, 3.8) is 0 Å². The van der Waals surface area contributed by atoms with E-state index in [0.29, 0.717) is 11.5 Å². The van der Waals surface area contributed by atoms with Crippen molar-refractivity contribution in [2.75, 3.05) is 6.61 Å². The molecule has 0 aromatic carbocycles. The van der Waals surface area contributed by atoms with Gasteiger partial charge in [0, 0.05) is 6.04 Å². The zero-order valence-electron chi connectivity index (χ0n) is 11.3. The second-order valence-corrected chi connectivity index (χ2v) is 6.82. The molecule has 0 amide bonds. The fourth-order valence-electron chi connectivity index (χ4n) is 3.23. The lowest BCUT2D eigenvalue weighted by molar-refractivity contribution is -0.139. The minimum absolute atomic E-state index is 0.0272. The zero-order valence-corrected chi connectivity index (χ0v) is 11.3. The highest BCUT2D eigenvalue weighted by atomic mass is 16.5. The number of rotatable bonds is 0. The molecular weight excluding hydrogens is 198 g/mol. The Morgan fingerprint density at radius 3 is 2.25 bits per heavy atom. The molecule has 2 heteroatoms. The van der Waals surface area contributed by atoms with E-state index in [1.165, 1.54) is 25.7 Å². The highest BCUT2D eigenvalue weighted by Gasteiger charge is 2.41. The van der Waals surface area contributed by atoms with Crippen LogP contribution >= 0.6 is 0 Å². The van der Waals surface area contributed by atoms with Gasteiger partial charge in [-0.25, -0.2) is 0 Å². The van der Waals surface area contributed by atoms with Crippen molar-refractivity contribution in [2.24, 2.45) is 11.3 Å². The van der Waals surface area contributed by atoms with Gasteiger partial charge in [-0.3, -0.25) is 5.32 Å². The average Bonchev–Trinajstić information content (AvgIpc) is 2.16. The molecule has 2 aliphatic rings. The lowest BCUT2D eigenvalue weighted by atomic mass is 9.70. The van der Waals surface area contributed by atoms with E-state index in [1.807, 2.05) is 0 Å². The Bertz CT molecular complexity index is 236. The van der Waals surface area contributed by atoms with Crippen LogP contribution in [-0.2, 0) is 4.74 Å². The molecule has 0 aromatic heterocycles. The van der Waals surface area contributed by atoms with E-state index in [-0.39, 0.29) is 5.72 Å². The molecule has 1 aliphatic heterocycles. The van der Waals surface area contributed by atoms with Crippen molar-refractivity contribution in [1.29, 1.82) is 0 Å². The van der Waals surface area contributed by atoms with Crippen LogP contribution in [0.5, 0.6) is 0 Å². The largest absolute Gasteiger partial charge is 0.361 e. The van der Waals surface area contributed by atoms with Gasteiger partial charge in [-0.05, 0) is 50.4 Å². The molecule has 1 N–H and O–H groups in total. The van der Waals surface area contributed by atoms with Crippen molar-refractivity contribution in [3.8, 4) is 0 Å². The van der Waals surface area contributed by atoms with Crippen molar-refractivity contribution < 1.29 is 4.74 Å². The minimum Gasteiger partial charge on any atom is -0.361 e. The van der Waals surface area contributed by atoms with Gasteiger partial charge in [0.25, 0.3) is 0 Å². The normalized spacial score (nSPS) is 41.2. The average molecular weight is 225 g/mol. The van der Waals surface area contributed by atoms with E-state index in [0.717, 1.165) is 18.9 Å². The van der Waals surface area contributed by atoms with Crippen LogP contribution in [0.3, 0.4) is 0 Å². The van der Waals surface area contributed by atoms with Crippen molar-refractivity contribution in [1.82, 2.24) is 5.32 Å². The van der Waals surface area contributed by atoms with Crippen molar-refractivity contribution >= 4 is 0 Å². The van der Waals surface area contributed by atoms with Crippen LogP contribution in [0.2, 0.25) is 0 Å². The molecule has 2 fully saturated rings. The first-order chi connectivity index (χ1) is 7.41. The Labute approximate surface area is 100 Å². The summed E-state index contributed by atoms with van der Waals surface area (Å²) in [4.78, 5) is 0. The number of ether oxygens (including phenoxy) is 1. The molecule has 2 rings (SSSR count). The molecule has 1 saturated carbocycles. The van der Waals surface area contributed by atoms with Crippen LogP contribution in [-0.4, -0.2) is 18.4 Å². The molecule has 0 bridgehead atoms. The van der Waals surface area contributed by atoms with Gasteiger partial charge in [0.15, 0.2) is 0 Å². The molecule has 94 valence electrons. The summed E-state index contributed by atoms with van der Waals surface area (Å²) in [6.45, 7) is 10.3. The standard InChI is InChI=1S/C14H27NO/c1-11-7-10-16-14(15-11)8-5-12(6-9-14)13(2,3)4/h11-12,15H,5-10H2,1-4H3. The lowest BCUT2D eigenvalue weighted by Crippen LogP contribution is -2.57. The fourth-order valence-corrected chi connectivity index (χ4v) is 3.23. The van der Waals surface area contributed by atoms with Gasteiger partial charge in [-0.15, -0.1) is 0 Å². The third-order valence-corrected chi connectivity index (χ3v) is 4.46. The van der Waals surface area contributed by atoms with Crippen LogP contribution in [0.15, 0.2) is 0 Å². The molecule has 1 heterocycles. The van der Waals surface area contributed by atoms with Gasteiger partial charge in [0.1, 0.15) is 5.72 Å². The summed E-state index contributed by atoms with van der Waals surface area (Å²) in [5, 5.41) is 3.68. The molecule has 1 unspecified atom stereocenters. The van der Waals surface area contributed by atoms with E-state index in [2.05, 4.69) is 33.0 Å². The number of nitrogens with one attached hydrogen (secondary N) is 1. The van der Waals surface area contributed by atoms with E-state index >= 15 is 0 Å². The topological polar surface area (TPSA) is 21.3 Å². The SMILES string of the molecule is CC1CCOC2(CCC(C(C)(C)C)CC2)N1. The minimum atomic E-state index is 0.0272. The molecule has 0 aromatic rings. The number of hydrogen-bond donors (Lipinski definition) is 1. The third-order valence-electron chi connectivity index (χ3n) is 4.46. The van der Waals surface area contributed by atoms with Crippen LogP contribution < -0.4 is 5.32 Å². The maximum Gasteiger partial charge on any atom is 0.119 e. The fraction of sp³-hybridized carbons (Fsp3) is 1.00. The molecule has 1 atom stereocenters. The first-order valence-electron chi connectivity index (χ1n) is 6.83. The Morgan fingerprint density at radius 2 is 1.75 bits per heavy atom. The Morgan fingerprint density at radius 1 is 1.12 bits per heavy atom. The second kappa shape index (κ2) is 4.30. The van der Waals surface area contributed by atoms with Gasteiger partial charge >= 0.3 is 0 Å². The van der Waals surface area contributed by atoms with Crippen molar-refractivity contribution in [2.45, 2.75) is 71.6 Å². The maximum absolute atomic E-state index is 6.03. The summed E-state index contributed by atoms with van der Waals surface area (Å²) in [6, 6.07) is 0.625. The Hall–Kier alpha value is -0.0800. The summed E-state index contributed by atoms with van der Waals surface area (Å²) in [5.41, 5.74) is 0.487. The maximum atomic E-state index is 6.03. The van der Waals surface area contributed by atoms with E-state index in [9.17, 15) is 0 Å². The van der Waals surface area contributed by atoms with Gasteiger partial charge in [-0.2, -0.15) is 0 Å². The second-order valence-electron chi connectivity index (χ2n) is 6.82. The summed E-state index contributed by atoms with van der Waals surface area (Å²) in [6.07, 6.45) is 6.16. The van der Waals surface area contributed by atoms with Gasteiger partial charge in [-0.1, -0.05) is 20.8 Å². The van der Waals surface area contributed by atoms with Crippen LogP contribution in [0, 0.1) is 11.3 Å². The monoisotopic (exact) mass is 225 g/mol. The predicted octanol–water partition coefficient (Wildman–Crippen LogP) is 3.32. The van der Waals surface area contributed by atoms with Gasteiger partial charge < -0.3 is 4.74 Å². The highest BCUT2D eigenvalue weighted by Crippen LogP contribution is 2.42. The molecule has 1 saturated heterocycles. The predicted molar refractivity (Wildman–Crippen MR) is 67.3 cm³/mol. The molecule has 16 heavy (non-hydrogen) atoms. The zero-order chi connectivity index (χ0) is 11.8. The van der Waals surface area contributed by atoms with E-state index < -0.39 is 0 Å². The smallest absolute Gasteiger partial charge is 0.119 e. The van der Waals surface area contributed by atoms with E-state index in [4.69, 9.17) is 4.74 Å². The van der Waals surface area contributed by atoms with Gasteiger partial charge in [0.05, 0.1) is 6.61 Å². The quantitative estimate of drug-likeness (QED) is 0.683. The molecule has 2 nitrogen and oxygen atoms in total. The molecule has 1 spiro atoms. The first kappa shape index (κ1) is 12.4. The first-order valence-corrected chi connectivity index (χ1v) is 6.83. The lowest BCUT2D eigenvalue weighted by Gasteiger charge is -2.47. The summed E-state index contributed by atoms with van der Waals surface area (Å²) >= 11 is 0. The van der Waals surface area contributed by atoms with Crippen LogP contribution in [0.1, 0.15) is 59.8 Å². The Kier molecular flexibility index (Phi) is 3.33.